The third-order valence-corrected chi connectivity index (χ3v) is 3.17. The number of hydrogen-bond donors (Lipinski definition) is 0. The summed E-state index contributed by atoms with van der Waals surface area (Å²) in [6.07, 6.45) is 0.292. The first-order valence-corrected chi connectivity index (χ1v) is 5.37. The highest BCUT2D eigenvalue weighted by molar-refractivity contribution is 9.10. The van der Waals surface area contributed by atoms with Gasteiger partial charge in [0.2, 0.25) is 0 Å². The van der Waals surface area contributed by atoms with Crippen molar-refractivity contribution < 1.29 is 9.13 Å². The largest absolute Gasteiger partial charge is 0.379 e. The van der Waals surface area contributed by atoms with Crippen LogP contribution in [0.2, 0.25) is 0 Å². The minimum atomic E-state index is -0.442. The molecule has 0 saturated carbocycles. The second-order valence-electron chi connectivity index (χ2n) is 3.73. The van der Waals surface area contributed by atoms with Crippen LogP contribution < -0.4 is 0 Å². The van der Waals surface area contributed by atoms with Crippen molar-refractivity contribution in [2.45, 2.75) is 11.8 Å². The van der Waals surface area contributed by atoms with Crippen LogP contribution in [0.3, 0.4) is 0 Å². The van der Waals surface area contributed by atoms with Crippen molar-refractivity contribution in [3.05, 3.63) is 34.1 Å². The molecular formula is C11H9BrFNO. The van der Waals surface area contributed by atoms with Crippen LogP contribution in [0.25, 0.3) is 0 Å². The molecule has 1 aromatic carbocycles. The van der Waals surface area contributed by atoms with Crippen LogP contribution in [0.4, 0.5) is 4.39 Å². The van der Waals surface area contributed by atoms with Crippen molar-refractivity contribution in [1.82, 2.24) is 0 Å². The predicted octanol–water partition coefficient (Wildman–Crippen LogP) is 2.77. The maximum absolute atomic E-state index is 13.6. The van der Waals surface area contributed by atoms with E-state index < -0.39 is 5.41 Å². The molecule has 78 valence electrons. The summed E-state index contributed by atoms with van der Waals surface area (Å²) in [6, 6.07) is 6.89. The lowest BCUT2D eigenvalue weighted by molar-refractivity contribution is -0.0593. The molecule has 0 spiro atoms. The van der Waals surface area contributed by atoms with Crippen LogP contribution >= 0.6 is 15.9 Å². The van der Waals surface area contributed by atoms with Gasteiger partial charge in [-0.2, -0.15) is 5.26 Å². The Bertz CT molecular complexity index is 423. The number of halogens is 2. The molecule has 15 heavy (non-hydrogen) atoms. The standard InChI is InChI=1S/C11H9BrFNO/c12-8-1-2-10(13)9(5-8)11(3-4-14)6-15-7-11/h1-2,5H,3,6-7H2. The number of benzene rings is 1. The lowest BCUT2D eigenvalue weighted by Gasteiger charge is -2.40. The van der Waals surface area contributed by atoms with E-state index in [0.717, 1.165) is 4.47 Å². The fourth-order valence-corrected chi connectivity index (χ4v) is 2.12. The zero-order valence-corrected chi connectivity index (χ0v) is 9.55. The van der Waals surface area contributed by atoms with E-state index in [0.29, 0.717) is 25.2 Å². The van der Waals surface area contributed by atoms with Gasteiger partial charge in [-0.15, -0.1) is 0 Å². The molecule has 0 radical (unpaired) electrons. The molecule has 0 aromatic heterocycles. The van der Waals surface area contributed by atoms with Crippen LogP contribution in [0.5, 0.6) is 0 Å². The second-order valence-corrected chi connectivity index (χ2v) is 4.65. The smallest absolute Gasteiger partial charge is 0.127 e. The van der Waals surface area contributed by atoms with E-state index in [-0.39, 0.29) is 5.82 Å². The summed E-state index contributed by atoms with van der Waals surface area (Å²) < 4.78 is 19.6. The third kappa shape index (κ3) is 1.77. The summed E-state index contributed by atoms with van der Waals surface area (Å²) in [6.45, 7) is 0.849. The van der Waals surface area contributed by atoms with Crippen LogP contribution in [0.1, 0.15) is 12.0 Å². The molecule has 1 heterocycles. The van der Waals surface area contributed by atoms with Crippen LogP contribution in [0.15, 0.2) is 22.7 Å². The number of rotatable bonds is 2. The molecule has 0 aliphatic carbocycles. The summed E-state index contributed by atoms with van der Waals surface area (Å²) in [5.74, 6) is -0.267. The maximum Gasteiger partial charge on any atom is 0.127 e. The van der Waals surface area contributed by atoms with E-state index >= 15 is 0 Å². The average Bonchev–Trinajstić information content (AvgIpc) is 2.16. The molecular weight excluding hydrogens is 261 g/mol. The van der Waals surface area contributed by atoms with Crippen molar-refractivity contribution in [2.24, 2.45) is 0 Å². The molecule has 2 rings (SSSR count). The fourth-order valence-electron chi connectivity index (χ4n) is 1.76. The van der Waals surface area contributed by atoms with Crippen LogP contribution in [0, 0.1) is 17.1 Å². The number of nitrogens with zero attached hydrogens (tertiary/aromatic N) is 1. The fraction of sp³-hybridized carbons (Fsp3) is 0.364. The summed E-state index contributed by atoms with van der Waals surface area (Å²) >= 11 is 3.30. The molecule has 1 aliphatic rings. The molecule has 0 unspecified atom stereocenters. The van der Waals surface area contributed by atoms with E-state index in [9.17, 15) is 4.39 Å². The van der Waals surface area contributed by atoms with Gasteiger partial charge in [-0.25, -0.2) is 4.39 Å². The number of hydrogen-bond acceptors (Lipinski definition) is 2. The molecule has 1 fully saturated rings. The Balaban J connectivity index is 2.43. The average molecular weight is 270 g/mol. The Morgan fingerprint density at radius 3 is 2.80 bits per heavy atom. The van der Waals surface area contributed by atoms with Gasteiger partial charge in [0.25, 0.3) is 0 Å². The normalized spacial score (nSPS) is 17.9. The van der Waals surface area contributed by atoms with Crippen molar-refractivity contribution >= 4 is 15.9 Å². The maximum atomic E-state index is 13.6. The van der Waals surface area contributed by atoms with Crippen molar-refractivity contribution in [2.75, 3.05) is 13.2 Å². The Kier molecular flexibility index (Phi) is 2.76. The number of ether oxygens (including phenoxy) is 1. The van der Waals surface area contributed by atoms with Gasteiger partial charge in [-0.3, -0.25) is 0 Å². The van der Waals surface area contributed by atoms with E-state index in [1.807, 2.05) is 0 Å². The molecule has 1 aromatic rings. The molecule has 1 aliphatic heterocycles. The molecule has 2 nitrogen and oxygen atoms in total. The van der Waals surface area contributed by atoms with Crippen LogP contribution in [-0.2, 0) is 10.2 Å². The highest BCUT2D eigenvalue weighted by atomic mass is 79.9. The lowest BCUT2D eigenvalue weighted by atomic mass is 9.76. The second kappa shape index (κ2) is 3.92. The molecule has 0 amide bonds. The first kappa shape index (κ1) is 10.6. The first-order chi connectivity index (χ1) is 7.18. The Hall–Kier alpha value is -0.920. The van der Waals surface area contributed by atoms with Gasteiger partial charge in [0, 0.05) is 16.5 Å². The van der Waals surface area contributed by atoms with Gasteiger partial charge in [0.1, 0.15) is 5.82 Å². The SMILES string of the molecule is N#CCC1(c2cc(Br)ccc2F)COC1. The molecule has 4 heteroatoms. The Morgan fingerprint density at radius 1 is 1.53 bits per heavy atom. The topological polar surface area (TPSA) is 33.0 Å². The lowest BCUT2D eigenvalue weighted by Crippen LogP contribution is -2.47. The van der Waals surface area contributed by atoms with E-state index in [2.05, 4.69) is 22.0 Å². The monoisotopic (exact) mass is 269 g/mol. The number of nitriles is 1. The Morgan fingerprint density at radius 2 is 2.27 bits per heavy atom. The minimum Gasteiger partial charge on any atom is -0.379 e. The summed E-state index contributed by atoms with van der Waals surface area (Å²) in [7, 11) is 0. The summed E-state index contributed by atoms with van der Waals surface area (Å²) in [5, 5.41) is 8.75. The van der Waals surface area contributed by atoms with Crippen LogP contribution in [-0.4, -0.2) is 13.2 Å². The quantitative estimate of drug-likeness (QED) is 0.827. The first-order valence-electron chi connectivity index (χ1n) is 4.58. The highest BCUT2D eigenvalue weighted by Gasteiger charge is 2.42. The Labute approximate surface area is 95.8 Å². The molecule has 0 N–H and O–H groups in total. The van der Waals surface area contributed by atoms with Gasteiger partial charge in [0.15, 0.2) is 0 Å². The minimum absolute atomic E-state index is 0.267. The van der Waals surface area contributed by atoms with Gasteiger partial charge in [-0.05, 0) is 18.2 Å². The summed E-state index contributed by atoms with van der Waals surface area (Å²) in [5.41, 5.74) is 0.132. The van der Waals surface area contributed by atoms with Crippen molar-refractivity contribution in [1.29, 1.82) is 5.26 Å². The predicted molar refractivity (Wildman–Crippen MR) is 56.8 cm³/mol. The van der Waals surface area contributed by atoms with E-state index in [4.69, 9.17) is 10.00 Å². The molecule has 0 bridgehead atoms. The van der Waals surface area contributed by atoms with Crippen molar-refractivity contribution in [3.8, 4) is 6.07 Å². The molecule has 0 atom stereocenters. The van der Waals surface area contributed by atoms with E-state index in [1.54, 1.807) is 12.1 Å². The third-order valence-electron chi connectivity index (χ3n) is 2.67. The summed E-state index contributed by atoms with van der Waals surface area (Å²) in [4.78, 5) is 0. The van der Waals surface area contributed by atoms with E-state index in [1.165, 1.54) is 6.07 Å². The highest BCUT2D eigenvalue weighted by Crippen LogP contribution is 2.37. The van der Waals surface area contributed by atoms with Gasteiger partial charge < -0.3 is 4.74 Å². The van der Waals surface area contributed by atoms with Crippen molar-refractivity contribution in [3.63, 3.8) is 0 Å². The zero-order valence-electron chi connectivity index (χ0n) is 7.96. The van der Waals surface area contributed by atoms with Gasteiger partial charge in [-0.1, -0.05) is 15.9 Å². The van der Waals surface area contributed by atoms with Gasteiger partial charge >= 0.3 is 0 Å². The molecule has 1 saturated heterocycles. The zero-order chi connectivity index (χ0) is 10.9. The van der Waals surface area contributed by atoms with Gasteiger partial charge in [0.05, 0.1) is 24.7 Å².